The van der Waals surface area contributed by atoms with Crippen LogP contribution in [0.2, 0.25) is 0 Å². The second kappa shape index (κ2) is 3.56. The van der Waals surface area contributed by atoms with Crippen molar-refractivity contribution in [1.29, 1.82) is 0 Å². The lowest BCUT2D eigenvalue weighted by Crippen LogP contribution is -2.33. The highest BCUT2D eigenvalue weighted by atomic mass is 16.6. The molecule has 4 nitrogen and oxygen atoms in total. The molecule has 12 heavy (non-hydrogen) atoms. The van der Waals surface area contributed by atoms with Gasteiger partial charge in [0.15, 0.2) is 0 Å². The lowest BCUT2D eigenvalue weighted by atomic mass is 10.1. The van der Waals surface area contributed by atoms with Gasteiger partial charge in [-0.05, 0) is 6.92 Å². The standard InChI is InChI=1S/C8H12O4/c1-5-3-7(12-6(2)9)4-8(10)11-5/h5,7H,3-4H2,1-2H3/t5?,7-/m1/s1. The molecule has 0 aliphatic carbocycles. The fraction of sp³-hybridized carbons (Fsp3) is 0.750. The smallest absolute Gasteiger partial charge is 0.309 e. The average molecular weight is 172 g/mol. The summed E-state index contributed by atoms with van der Waals surface area (Å²) in [7, 11) is 0. The summed E-state index contributed by atoms with van der Waals surface area (Å²) in [6, 6.07) is 0. The summed E-state index contributed by atoms with van der Waals surface area (Å²) in [5.74, 6) is -0.637. The Hall–Kier alpha value is -1.06. The number of hydrogen-bond acceptors (Lipinski definition) is 4. The van der Waals surface area contributed by atoms with Gasteiger partial charge >= 0.3 is 11.9 Å². The van der Waals surface area contributed by atoms with Crippen LogP contribution in [0.25, 0.3) is 0 Å². The van der Waals surface area contributed by atoms with Crippen LogP contribution in [-0.4, -0.2) is 24.1 Å². The maximum absolute atomic E-state index is 10.9. The third-order valence-corrected chi connectivity index (χ3v) is 1.65. The van der Waals surface area contributed by atoms with E-state index in [9.17, 15) is 9.59 Å². The predicted molar refractivity (Wildman–Crippen MR) is 40.3 cm³/mol. The molecule has 0 aromatic carbocycles. The van der Waals surface area contributed by atoms with E-state index in [4.69, 9.17) is 9.47 Å². The van der Waals surface area contributed by atoms with E-state index in [0.717, 1.165) is 0 Å². The first kappa shape index (κ1) is 9.03. The van der Waals surface area contributed by atoms with Crippen LogP contribution in [-0.2, 0) is 19.1 Å². The van der Waals surface area contributed by atoms with Gasteiger partial charge in [0.2, 0.25) is 0 Å². The first-order valence-corrected chi connectivity index (χ1v) is 3.94. The van der Waals surface area contributed by atoms with Crippen molar-refractivity contribution >= 4 is 11.9 Å². The third-order valence-electron chi connectivity index (χ3n) is 1.65. The Labute approximate surface area is 70.8 Å². The lowest BCUT2D eigenvalue weighted by Gasteiger charge is -2.25. The van der Waals surface area contributed by atoms with E-state index < -0.39 is 0 Å². The quantitative estimate of drug-likeness (QED) is 0.545. The van der Waals surface area contributed by atoms with E-state index in [1.165, 1.54) is 6.92 Å². The summed E-state index contributed by atoms with van der Waals surface area (Å²) in [4.78, 5) is 21.4. The highest BCUT2D eigenvalue weighted by Gasteiger charge is 2.27. The maximum Gasteiger partial charge on any atom is 0.309 e. The van der Waals surface area contributed by atoms with E-state index in [1.54, 1.807) is 6.92 Å². The van der Waals surface area contributed by atoms with E-state index >= 15 is 0 Å². The molecule has 1 heterocycles. The molecule has 0 bridgehead atoms. The average Bonchev–Trinajstić information content (AvgIpc) is 1.81. The van der Waals surface area contributed by atoms with Crippen molar-refractivity contribution in [3.8, 4) is 0 Å². The van der Waals surface area contributed by atoms with Gasteiger partial charge in [0, 0.05) is 13.3 Å². The van der Waals surface area contributed by atoms with Crippen molar-refractivity contribution in [1.82, 2.24) is 0 Å². The van der Waals surface area contributed by atoms with Crippen molar-refractivity contribution in [2.24, 2.45) is 0 Å². The molecular formula is C8H12O4. The number of esters is 2. The third kappa shape index (κ3) is 2.53. The second-order valence-electron chi connectivity index (χ2n) is 2.97. The molecule has 1 fully saturated rings. The Balaban J connectivity index is 2.44. The van der Waals surface area contributed by atoms with Crippen LogP contribution in [0.5, 0.6) is 0 Å². The zero-order valence-corrected chi connectivity index (χ0v) is 7.20. The topological polar surface area (TPSA) is 52.6 Å². The predicted octanol–water partition coefficient (Wildman–Crippen LogP) is 0.644. The van der Waals surface area contributed by atoms with Gasteiger partial charge in [0.1, 0.15) is 12.2 Å². The van der Waals surface area contributed by atoms with Gasteiger partial charge in [-0.15, -0.1) is 0 Å². The minimum atomic E-state index is -0.345. The van der Waals surface area contributed by atoms with Crippen LogP contribution < -0.4 is 0 Å². The van der Waals surface area contributed by atoms with Gasteiger partial charge in [-0.1, -0.05) is 0 Å². The SMILES string of the molecule is CC(=O)O[C@H]1CC(=O)OC(C)C1. The maximum atomic E-state index is 10.9. The normalized spacial score (nSPS) is 29.3. The lowest BCUT2D eigenvalue weighted by molar-refractivity contribution is -0.166. The van der Waals surface area contributed by atoms with Crippen molar-refractivity contribution in [2.45, 2.75) is 38.9 Å². The second-order valence-corrected chi connectivity index (χ2v) is 2.97. The van der Waals surface area contributed by atoms with Crippen LogP contribution >= 0.6 is 0 Å². The molecule has 1 saturated heterocycles. The molecule has 0 amide bonds. The fourth-order valence-corrected chi connectivity index (χ4v) is 1.28. The van der Waals surface area contributed by atoms with Crippen molar-refractivity contribution in [3.05, 3.63) is 0 Å². The zero-order chi connectivity index (χ0) is 9.14. The molecule has 0 radical (unpaired) electrons. The number of cyclic esters (lactones) is 1. The molecule has 1 unspecified atom stereocenters. The van der Waals surface area contributed by atoms with Gasteiger partial charge in [-0.25, -0.2) is 0 Å². The minimum Gasteiger partial charge on any atom is -0.462 e. The molecule has 0 aromatic rings. The fourth-order valence-electron chi connectivity index (χ4n) is 1.28. The Morgan fingerprint density at radius 1 is 1.67 bits per heavy atom. The summed E-state index contributed by atoms with van der Waals surface area (Å²) >= 11 is 0. The monoisotopic (exact) mass is 172 g/mol. The molecular weight excluding hydrogens is 160 g/mol. The highest BCUT2D eigenvalue weighted by molar-refractivity contribution is 5.72. The van der Waals surface area contributed by atoms with Crippen LogP contribution in [0.4, 0.5) is 0 Å². The van der Waals surface area contributed by atoms with E-state index in [0.29, 0.717) is 6.42 Å². The molecule has 68 valence electrons. The molecule has 0 aromatic heterocycles. The first-order chi connectivity index (χ1) is 5.58. The highest BCUT2D eigenvalue weighted by Crippen LogP contribution is 2.17. The first-order valence-electron chi connectivity index (χ1n) is 3.94. The molecule has 0 spiro atoms. The summed E-state index contributed by atoms with van der Waals surface area (Å²) in [6.07, 6.45) is 0.351. The van der Waals surface area contributed by atoms with E-state index in [1.807, 2.05) is 0 Å². The van der Waals surface area contributed by atoms with E-state index in [-0.39, 0.29) is 30.6 Å². The summed E-state index contributed by atoms with van der Waals surface area (Å²) < 4.78 is 9.76. The van der Waals surface area contributed by atoms with Crippen molar-refractivity contribution < 1.29 is 19.1 Å². The molecule has 1 rings (SSSR count). The molecule has 4 heteroatoms. The zero-order valence-electron chi connectivity index (χ0n) is 7.20. The number of carbonyl (C=O) groups excluding carboxylic acids is 2. The molecule has 0 saturated carbocycles. The Morgan fingerprint density at radius 3 is 2.83 bits per heavy atom. The van der Waals surface area contributed by atoms with Crippen molar-refractivity contribution in [2.75, 3.05) is 0 Å². The van der Waals surface area contributed by atoms with Crippen LogP contribution in [0.15, 0.2) is 0 Å². The molecule has 1 aliphatic heterocycles. The van der Waals surface area contributed by atoms with E-state index in [2.05, 4.69) is 0 Å². The van der Waals surface area contributed by atoms with Crippen LogP contribution in [0.3, 0.4) is 0 Å². The minimum absolute atomic E-state index is 0.143. The van der Waals surface area contributed by atoms with Crippen LogP contribution in [0, 0.1) is 0 Å². The number of rotatable bonds is 1. The van der Waals surface area contributed by atoms with Gasteiger partial charge in [-0.3, -0.25) is 9.59 Å². The van der Waals surface area contributed by atoms with Gasteiger partial charge in [0.05, 0.1) is 6.42 Å². The number of carbonyl (C=O) groups is 2. The molecule has 1 aliphatic rings. The Morgan fingerprint density at radius 2 is 2.33 bits per heavy atom. The molecule has 0 N–H and O–H groups in total. The Bertz CT molecular complexity index is 197. The number of hydrogen-bond donors (Lipinski definition) is 0. The summed E-state index contributed by atoms with van der Waals surface area (Å²) in [5.41, 5.74) is 0. The van der Waals surface area contributed by atoms with Gasteiger partial charge in [-0.2, -0.15) is 0 Å². The Kier molecular flexibility index (Phi) is 2.68. The van der Waals surface area contributed by atoms with Gasteiger partial charge < -0.3 is 9.47 Å². The summed E-state index contributed by atoms with van der Waals surface area (Å²) in [6.45, 7) is 3.12. The molecule has 2 atom stereocenters. The largest absolute Gasteiger partial charge is 0.462 e. The van der Waals surface area contributed by atoms with Crippen LogP contribution in [0.1, 0.15) is 26.7 Å². The van der Waals surface area contributed by atoms with Gasteiger partial charge in [0.25, 0.3) is 0 Å². The van der Waals surface area contributed by atoms with Crippen molar-refractivity contribution in [3.63, 3.8) is 0 Å². The number of ether oxygens (including phenoxy) is 2. The summed E-state index contributed by atoms with van der Waals surface area (Å²) in [5, 5.41) is 0.